The smallest absolute Gasteiger partial charge is 0.122 e. The Morgan fingerprint density at radius 2 is 1.79 bits per heavy atom. The highest BCUT2D eigenvalue weighted by atomic mass is 35.5. The van der Waals surface area contributed by atoms with Crippen molar-refractivity contribution in [2.75, 3.05) is 7.11 Å². The molecule has 0 aromatic heterocycles. The number of alkyl halides is 1. The van der Waals surface area contributed by atoms with Gasteiger partial charge in [0.2, 0.25) is 0 Å². The Morgan fingerprint density at radius 1 is 1.05 bits per heavy atom. The summed E-state index contributed by atoms with van der Waals surface area (Å²) in [6.07, 6.45) is 0.774. The summed E-state index contributed by atoms with van der Waals surface area (Å²) < 4.78 is 5.38. The second-order valence-corrected chi connectivity index (χ2v) is 5.30. The monoisotopic (exact) mass is 274 g/mol. The molecule has 2 heteroatoms. The number of benzene rings is 2. The number of halogens is 1. The van der Waals surface area contributed by atoms with Crippen molar-refractivity contribution in [3.8, 4) is 5.75 Å². The number of hydrogen-bond donors (Lipinski definition) is 0. The van der Waals surface area contributed by atoms with Crippen LogP contribution in [0.3, 0.4) is 0 Å². The maximum absolute atomic E-state index is 6.59. The molecular formula is C17H19ClO. The predicted octanol–water partition coefficient (Wildman–Crippen LogP) is 4.83. The van der Waals surface area contributed by atoms with Gasteiger partial charge in [-0.3, -0.25) is 0 Å². The molecule has 0 aliphatic carbocycles. The first-order valence-corrected chi connectivity index (χ1v) is 6.89. The van der Waals surface area contributed by atoms with E-state index in [4.69, 9.17) is 16.3 Å². The minimum absolute atomic E-state index is 0.0313. The molecule has 0 amide bonds. The van der Waals surface area contributed by atoms with Crippen molar-refractivity contribution < 1.29 is 4.74 Å². The van der Waals surface area contributed by atoms with Crippen molar-refractivity contribution in [3.05, 3.63) is 64.7 Å². The summed E-state index contributed by atoms with van der Waals surface area (Å²) in [6.45, 7) is 4.24. The van der Waals surface area contributed by atoms with E-state index in [1.165, 1.54) is 16.7 Å². The Morgan fingerprint density at radius 3 is 2.53 bits per heavy atom. The lowest BCUT2D eigenvalue weighted by Gasteiger charge is -2.16. The van der Waals surface area contributed by atoms with Crippen LogP contribution in [0.2, 0.25) is 0 Å². The van der Waals surface area contributed by atoms with Crippen LogP contribution < -0.4 is 4.74 Å². The van der Waals surface area contributed by atoms with E-state index >= 15 is 0 Å². The molecule has 19 heavy (non-hydrogen) atoms. The van der Waals surface area contributed by atoms with Gasteiger partial charge >= 0.3 is 0 Å². The summed E-state index contributed by atoms with van der Waals surface area (Å²) in [5.41, 5.74) is 4.90. The highest BCUT2D eigenvalue weighted by Crippen LogP contribution is 2.31. The largest absolute Gasteiger partial charge is 0.496 e. The van der Waals surface area contributed by atoms with Gasteiger partial charge in [0.25, 0.3) is 0 Å². The molecule has 2 aromatic rings. The Hall–Kier alpha value is -1.47. The molecule has 0 heterocycles. The fourth-order valence-electron chi connectivity index (χ4n) is 2.29. The van der Waals surface area contributed by atoms with Gasteiger partial charge in [-0.25, -0.2) is 0 Å². The van der Waals surface area contributed by atoms with Crippen LogP contribution in [-0.2, 0) is 6.42 Å². The first-order valence-electron chi connectivity index (χ1n) is 6.45. The number of rotatable bonds is 4. The Balaban J connectivity index is 2.26. The van der Waals surface area contributed by atoms with E-state index in [-0.39, 0.29) is 5.38 Å². The topological polar surface area (TPSA) is 9.23 Å². The lowest BCUT2D eigenvalue weighted by atomic mass is 9.97. The molecule has 2 rings (SSSR count). The molecule has 0 aliphatic rings. The van der Waals surface area contributed by atoms with Crippen LogP contribution in [0.1, 0.15) is 27.6 Å². The Bertz CT molecular complexity index is 563. The van der Waals surface area contributed by atoms with Crippen molar-refractivity contribution in [3.63, 3.8) is 0 Å². The number of para-hydroxylation sites is 1. The van der Waals surface area contributed by atoms with Crippen LogP contribution in [0, 0.1) is 13.8 Å². The standard InChI is InChI=1S/C17H19ClO/c1-12-7-6-9-15(13(12)2)16(18)11-14-8-4-5-10-17(14)19-3/h4-10,16H,11H2,1-3H3. The summed E-state index contributed by atoms with van der Waals surface area (Å²) in [5, 5.41) is -0.0313. The van der Waals surface area contributed by atoms with Crippen molar-refractivity contribution in [2.24, 2.45) is 0 Å². The molecule has 0 saturated carbocycles. The van der Waals surface area contributed by atoms with Gasteiger partial charge in [0.15, 0.2) is 0 Å². The lowest BCUT2D eigenvalue weighted by Crippen LogP contribution is -2.01. The van der Waals surface area contributed by atoms with Crippen LogP contribution in [0.5, 0.6) is 5.75 Å². The molecule has 100 valence electrons. The van der Waals surface area contributed by atoms with Gasteiger partial charge in [-0.1, -0.05) is 36.4 Å². The zero-order valence-electron chi connectivity index (χ0n) is 11.6. The van der Waals surface area contributed by atoms with Gasteiger partial charge in [0.05, 0.1) is 12.5 Å². The lowest BCUT2D eigenvalue weighted by molar-refractivity contribution is 0.409. The third-order valence-electron chi connectivity index (χ3n) is 3.58. The Kier molecular flexibility index (Phi) is 4.49. The van der Waals surface area contributed by atoms with E-state index in [0.717, 1.165) is 17.7 Å². The average Bonchev–Trinajstić information content (AvgIpc) is 2.42. The Labute approximate surface area is 120 Å². The van der Waals surface area contributed by atoms with Crippen molar-refractivity contribution in [1.29, 1.82) is 0 Å². The second kappa shape index (κ2) is 6.12. The number of methoxy groups -OCH3 is 1. The first-order chi connectivity index (χ1) is 9.13. The van der Waals surface area contributed by atoms with Gasteiger partial charge in [0.1, 0.15) is 5.75 Å². The quantitative estimate of drug-likeness (QED) is 0.725. The van der Waals surface area contributed by atoms with Crippen LogP contribution in [0.25, 0.3) is 0 Å². The SMILES string of the molecule is COc1ccccc1CC(Cl)c1cccc(C)c1C. The molecule has 0 fully saturated rings. The van der Waals surface area contributed by atoms with Gasteiger partial charge in [-0.15, -0.1) is 11.6 Å². The average molecular weight is 275 g/mol. The molecule has 0 aliphatic heterocycles. The summed E-state index contributed by atoms with van der Waals surface area (Å²) in [5.74, 6) is 0.901. The van der Waals surface area contributed by atoms with Crippen LogP contribution in [0.4, 0.5) is 0 Å². The van der Waals surface area contributed by atoms with Crippen LogP contribution in [-0.4, -0.2) is 7.11 Å². The predicted molar refractivity (Wildman–Crippen MR) is 81.2 cm³/mol. The molecule has 0 spiro atoms. The molecule has 1 unspecified atom stereocenters. The summed E-state index contributed by atoms with van der Waals surface area (Å²) in [6, 6.07) is 14.3. The minimum Gasteiger partial charge on any atom is -0.496 e. The zero-order valence-corrected chi connectivity index (χ0v) is 12.4. The molecular weight excluding hydrogens is 256 g/mol. The minimum atomic E-state index is -0.0313. The molecule has 0 radical (unpaired) electrons. The van der Waals surface area contributed by atoms with E-state index in [0.29, 0.717) is 0 Å². The van der Waals surface area contributed by atoms with Crippen molar-refractivity contribution in [1.82, 2.24) is 0 Å². The molecule has 2 aromatic carbocycles. The number of aryl methyl sites for hydroxylation is 1. The molecule has 1 nitrogen and oxygen atoms in total. The third-order valence-corrected chi connectivity index (χ3v) is 3.97. The molecule has 0 bridgehead atoms. The second-order valence-electron chi connectivity index (χ2n) is 4.77. The van der Waals surface area contributed by atoms with Gasteiger partial charge in [-0.2, -0.15) is 0 Å². The number of ether oxygens (including phenoxy) is 1. The van der Waals surface area contributed by atoms with Gasteiger partial charge < -0.3 is 4.74 Å². The van der Waals surface area contributed by atoms with E-state index in [1.54, 1.807) is 7.11 Å². The van der Waals surface area contributed by atoms with E-state index < -0.39 is 0 Å². The summed E-state index contributed by atoms with van der Waals surface area (Å²) in [7, 11) is 1.69. The third kappa shape index (κ3) is 3.10. The zero-order chi connectivity index (χ0) is 13.8. The maximum Gasteiger partial charge on any atom is 0.122 e. The summed E-state index contributed by atoms with van der Waals surface area (Å²) >= 11 is 6.59. The fourth-order valence-corrected chi connectivity index (χ4v) is 2.69. The van der Waals surface area contributed by atoms with Gasteiger partial charge in [0, 0.05) is 0 Å². The van der Waals surface area contributed by atoms with Crippen molar-refractivity contribution in [2.45, 2.75) is 25.6 Å². The maximum atomic E-state index is 6.59. The molecule has 0 N–H and O–H groups in total. The fraction of sp³-hybridized carbons (Fsp3) is 0.294. The van der Waals surface area contributed by atoms with Crippen molar-refractivity contribution >= 4 is 11.6 Å². The highest BCUT2D eigenvalue weighted by molar-refractivity contribution is 6.21. The van der Waals surface area contributed by atoms with Crippen LogP contribution in [0.15, 0.2) is 42.5 Å². The summed E-state index contributed by atoms with van der Waals surface area (Å²) in [4.78, 5) is 0. The highest BCUT2D eigenvalue weighted by Gasteiger charge is 2.14. The molecule has 0 saturated heterocycles. The van der Waals surface area contributed by atoms with Gasteiger partial charge in [-0.05, 0) is 48.6 Å². The molecule has 1 atom stereocenters. The van der Waals surface area contributed by atoms with E-state index in [2.05, 4.69) is 38.1 Å². The normalized spacial score (nSPS) is 12.2. The number of hydrogen-bond acceptors (Lipinski definition) is 1. The van der Waals surface area contributed by atoms with Crippen LogP contribution >= 0.6 is 11.6 Å². The van der Waals surface area contributed by atoms with E-state index in [1.807, 2.05) is 18.2 Å². The first kappa shape index (κ1) is 14.0. The van der Waals surface area contributed by atoms with E-state index in [9.17, 15) is 0 Å².